The van der Waals surface area contributed by atoms with Crippen LogP contribution >= 0.6 is 0 Å². The van der Waals surface area contributed by atoms with Crippen LogP contribution in [0.4, 0.5) is 4.79 Å². The molecule has 1 saturated heterocycles. The highest BCUT2D eigenvalue weighted by Crippen LogP contribution is 2.46. The molecule has 5 atom stereocenters. The van der Waals surface area contributed by atoms with E-state index in [9.17, 15) is 32.4 Å². The Labute approximate surface area is 330 Å². The molecule has 4 N–H and O–H groups in total. The normalized spacial score (nSPS) is 22.2. The number of carboxylic acids is 1. The number of benzene rings is 2. The number of alkyl carbamates (subject to hydrolysis) is 1. The van der Waals surface area contributed by atoms with Crippen LogP contribution in [0.5, 0.6) is 11.5 Å². The number of likely N-dealkylation sites (tertiary alicyclic amines) is 1. The molecule has 2 saturated carbocycles. The predicted molar refractivity (Wildman–Crippen MR) is 208 cm³/mol. The molecule has 2 aromatic carbocycles. The van der Waals surface area contributed by atoms with Gasteiger partial charge in [-0.15, -0.1) is 6.58 Å². The number of amides is 4. The summed E-state index contributed by atoms with van der Waals surface area (Å²) < 4.78 is 44.8. The minimum Gasteiger partial charge on any atom is -0.497 e. The smallest absolute Gasteiger partial charge is 0.407 e. The molecule has 3 aliphatic rings. The molecule has 2 aliphatic carbocycles. The number of aliphatic carboxylic acids is 1. The lowest BCUT2D eigenvalue weighted by Gasteiger charge is -2.35. The van der Waals surface area contributed by atoms with Crippen molar-refractivity contribution in [2.24, 2.45) is 11.3 Å². The Bertz CT molecular complexity index is 2190. The topological polar surface area (TPSA) is 220 Å². The summed E-state index contributed by atoms with van der Waals surface area (Å²) in [5.74, 6) is -3.04. The Balaban J connectivity index is 1.33. The van der Waals surface area contributed by atoms with Gasteiger partial charge in [-0.3, -0.25) is 23.9 Å². The third kappa shape index (κ3) is 9.14. The fraction of sp³-hybridized carbons (Fsp3) is 0.450. The second kappa shape index (κ2) is 16.0. The van der Waals surface area contributed by atoms with E-state index in [1.807, 2.05) is 30.3 Å². The molecular formula is C40H47N5O11S. The van der Waals surface area contributed by atoms with Crippen molar-refractivity contribution in [3.05, 3.63) is 67.3 Å². The average molecular weight is 806 g/mol. The zero-order valence-electron chi connectivity index (χ0n) is 32.1. The van der Waals surface area contributed by atoms with Crippen molar-refractivity contribution in [1.82, 2.24) is 25.2 Å². The molecule has 0 radical (unpaired) electrons. The van der Waals surface area contributed by atoms with Gasteiger partial charge in [-0.05, 0) is 36.8 Å². The van der Waals surface area contributed by atoms with Crippen molar-refractivity contribution in [3.63, 3.8) is 0 Å². The van der Waals surface area contributed by atoms with E-state index in [1.54, 1.807) is 52.1 Å². The Morgan fingerprint density at radius 3 is 2.42 bits per heavy atom. The van der Waals surface area contributed by atoms with Gasteiger partial charge in [-0.1, -0.05) is 57.2 Å². The van der Waals surface area contributed by atoms with Crippen LogP contribution in [0.1, 0.15) is 52.9 Å². The van der Waals surface area contributed by atoms with E-state index in [0.717, 1.165) is 5.56 Å². The third-order valence-corrected chi connectivity index (χ3v) is 12.2. The second-order valence-corrected chi connectivity index (χ2v) is 17.6. The van der Waals surface area contributed by atoms with E-state index in [4.69, 9.17) is 24.3 Å². The maximum atomic E-state index is 14.6. The number of ether oxygens (including phenoxy) is 3. The quantitative estimate of drug-likeness (QED) is 0.162. The lowest BCUT2D eigenvalue weighted by molar-refractivity contribution is -0.143. The lowest BCUT2D eigenvalue weighted by atomic mass is 9.85. The van der Waals surface area contributed by atoms with Gasteiger partial charge < -0.3 is 34.9 Å². The molecule has 3 fully saturated rings. The summed E-state index contributed by atoms with van der Waals surface area (Å²) in [6.45, 7) is 8.31. The van der Waals surface area contributed by atoms with Crippen LogP contribution in [-0.2, 0) is 33.9 Å². The number of carbonyl (C=O) groups excluding carboxylic acids is 4. The number of hydrogen-bond donors (Lipinski definition) is 4. The number of nitrogens with one attached hydrogen (secondary N) is 3. The van der Waals surface area contributed by atoms with Crippen molar-refractivity contribution < 1.29 is 51.7 Å². The summed E-state index contributed by atoms with van der Waals surface area (Å²) in [5.41, 5.74) is -0.563. The predicted octanol–water partition coefficient (Wildman–Crippen LogP) is 3.54. The summed E-state index contributed by atoms with van der Waals surface area (Å²) in [5, 5.41) is 14.2. The maximum absolute atomic E-state index is 14.6. The van der Waals surface area contributed by atoms with Crippen LogP contribution in [0.3, 0.4) is 0 Å². The number of fused-ring (bicyclic) bond motifs is 1. The first-order valence-corrected chi connectivity index (χ1v) is 20.2. The number of carbonyl (C=O) groups is 5. The Kier molecular flexibility index (Phi) is 11.5. The van der Waals surface area contributed by atoms with E-state index >= 15 is 0 Å². The molecule has 3 aromatic rings. The first kappa shape index (κ1) is 40.9. The molecule has 0 unspecified atom stereocenters. The van der Waals surface area contributed by atoms with Crippen molar-refractivity contribution in [3.8, 4) is 22.8 Å². The largest absolute Gasteiger partial charge is 0.497 e. The van der Waals surface area contributed by atoms with Crippen LogP contribution in [-0.4, -0.2) is 102 Å². The molecule has 304 valence electrons. The molecule has 1 aromatic heterocycles. The minimum atomic E-state index is -3.95. The fourth-order valence-electron chi connectivity index (χ4n) is 6.94. The number of nitrogens with zero attached hydrogens (tertiary/aromatic N) is 2. The van der Waals surface area contributed by atoms with Crippen LogP contribution < -0.4 is 24.8 Å². The fourth-order valence-corrected chi connectivity index (χ4v) is 8.30. The zero-order chi connectivity index (χ0) is 41.3. The number of methoxy groups -OCH3 is 1. The first-order valence-electron chi connectivity index (χ1n) is 18.6. The van der Waals surface area contributed by atoms with Crippen molar-refractivity contribution in [2.75, 3.05) is 20.3 Å². The van der Waals surface area contributed by atoms with Crippen LogP contribution in [0, 0.1) is 11.3 Å². The van der Waals surface area contributed by atoms with Crippen LogP contribution in [0.2, 0.25) is 0 Å². The number of carboxylic acid groups (broad SMARTS) is 1. The van der Waals surface area contributed by atoms with E-state index in [0.29, 0.717) is 40.9 Å². The van der Waals surface area contributed by atoms with Crippen molar-refractivity contribution in [1.29, 1.82) is 0 Å². The number of rotatable bonds is 15. The Morgan fingerprint density at radius 1 is 1.09 bits per heavy atom. The lowest BCUT2D eigenvalue weighted by Crippen LogP contribution is -2.60. The molecule has 4 amide bonds. The maximum Gasteiger partial charge on any atom is 0.407 e. The minimum absolute atomic E-state index is 0.0467. The first-order chi connectivity index (χ1) is 26.9. The number of aromatic nitrogens is 1. The standard InChI is InChI=1S/C40H47N5O11S/c1-6-24-21-40(24,37(50)44-57(52,53)27-13-14-27)43-35(48)31-19-26(22-45(31)36(49)34(39(2,3)4)42-38(51)55-17-16-33(46)47)56-32-20-29(23-10-8-7-9-11-23)41-30-18-25(54-5)12-15-28(30)32/h6-12,15,18,20,24,26-27,31,34H,1,13-14,16-17,19,21-22H2,2-5H3,(H,42,51)(H,43,48)(H,44,50)(H,46,47)/t24-,26-,31+,34-,40-/m1/s1. The molecule has 1 aliphatic heterocycles. The molecule has 6 rings (SSSR count). The molecule has 2 heterocycles. The summed E-state index contributed by atoms with van der Waals surface area (Å²) in [7, 11) is -2.40. The van der Waals surface area contributed by atoms with Crippen molar-refractivity contribution >= 4 is 50.7 Å². The van der Waals surface area contributed by atoms with Gasteiger partial charge in [-0.25, -0.2) is 18.2 Å². The van der Waals surface area contributed by atoms with Gasteiger partial charge >= 0.3 is 12.1 Å². The Morgan fingerprint density at radius 2 is 1.81 bits per heavy atom. The molecular weight excluding hydrogens is 759 g/mol. The van der Waals surface area contributed by atoms with Crippen molar-refractivity contribution in [2.45, 2.75) is 81.9 Å². The van der Waals surface area contributed by atoms with E-state index in [2.05, 4.69) is 21.9 Å². The molecule has 0 spiro atoms. The van der Waals surface area contributed by atoms with Gasteiger partial charge in [0.05, 0.1) is 36.5 Å². The summed E-state index contributed by atoms with van der Waals surface area (Å²) in [6.07, 6.45) is 0.110. The Hall–Kier alpha value is -5.71. The van der Waals surface area contributed by atoms with Gasteiger partial charge in [-0.2, -0.15) is 0 Å². The molecule has 16 nitrogen and oxygen atoms in total. The van der Waals surface area contributed by atoms with Gasteiger partial charge in [0.1, 0.15) is 41.8 Å². The summed E-state index contributed by atoms with van der Waals surface area (Å²) in [4.78, 5) is 72.5. The highest BCUT2D eigenvalue weighted by Gasteiger charge is 2.62. The van der Waals surface area contributed by atoms with Crippen LogP contribution in [0.25, 0.3) is 22.2 Å². The van der Waals surface area contributed by atoms with E-state index < -0.39 is 93.1 Å². The SMILES string of the molecule is C=C[C@@H]1C[C@]1(NC(=O)[C@@H]1C[C@@H](Oc2cc(-c3ccccc3)nc3cc(OC)ccc23)CN1C(=O)[C@@H](NC(=O)OCCC(=O)O)C(C)(C)C)C(=O)NS(=O)(=O)C1CC1. The number of sulfonamides is 1. The number of hydrogen-bond acceptors (Lipinski definition) is 11. The molecule has 17 heteroatoms. The summed E-state index contributed by atoms with van der Waals surface area (Å²) >= 11 is 0. The van der Waals surface area contributed by atoms with Gasteiger partial charge in [0.15, 0.2) is 0 Å². The summed E-state index contributed by atoms with van der Waals surface area (Å²) in [6, 6.07) is 14.0. The van der Waals surface area contributed by atoms with Crippen LogP contribution in [0.15, 0.2) is 67.3 Å². The third-order valence-electron chi connectivity index (χ3n) is 10.4. The van der Waals surface area contributed by atoms with E-state index in [-0.39, 0.29) is 19.4 Å². The monoisotopic (exact) mass is 805 g/mol. The highest BCUT2D eigenvalue weighted by molar-refractivity contribution is 7.91. The average Bonchev–Trinajstić information content (AvgIpc) is 4.09. The number of pyridine rings is 1. The van der Waals surface area contributed by atoms with E-state index in [1.165, 1.54) is 11.0 Å². The van der Waals surface area contributed by atoms with Gasteiger partial charge in [0, 0.05) is 35.4 Å². The second-order valence-electron chi connectivity index (χ2n) is 15.6. The highest BCUT2D eigenvalue weighted by atomic mass is 32.2. The molecule has 57 heavy (non-hydrogen) atoms. The van der Waals surface area contributed by atoms with Gasteiger partial charge in [0.2, 0.25) is 21.8 Å². The zero-order valence-corrected chi connectivity index (χ0v) is 33.0. The van der Waals surface area contributed by atoms with Gasteiger partial charge in [0.25, 0.3) is 5.91 Å². The molecule has 0 bridgehead atoms.